The molecule has 0 saturated carbocycles. The smallest absolute Gasteiger partial charge is 0.306 e. The van der Waals surface area contributed by atoms with Gasteiger partial charge in [0.2, 0.25) is 0 Å². The van der Waals surface area contributed by atoms with Crippen LogP contribution in [0.15, 0.2) is 0 Å². The molecule has 0 aliphatic carbocycles. The first-order valence-electron chi connectivity index (χ1n) is 14.8. The quantitative estimate of drug-likeness (QED) is 0.102. The van der Waals surface area contributed by atoms with Gasteiger partial charge < -0.3 is 4.74 Å². The number of carbonyl (C=O) groups excluding carboxylic acids is 1. The van der Waals surface area contributed by atoms with Crippen molar-refractivity contribution in [2.45, 2.75) is 169 Å². The third-order valence-corrected chi connectivity index (χ3v) is 6.83. The minimum Gasteiger partial charge on any atom is -0.466 e. The highest BCUT2D eigenvalue weighted by molar-refractivity contribution is 5.69. The van der Waals surface area contributed by atoms with Gasteiger partial charge in [-0.1, -0.05) is 143 Å². The lowest BCUT2D eigenvalue weighted by atomic mass is 9.91. The van der Waals surface area contributed by atoms with E-state index in [1.165, 1.54) is 128 Å². The molecule has 1 unspecified atom stereocenters. The Morgan fingerprint density at radius 1 is 0.562 bits per heavy atom. The van der Waals surface area contributed by atoms with Crippen molar-refractivity contribution >= 4 is 5.97 Å². The first-order chi connectivity index (χ1) is 15.6. The van der Waals surface area contributed by atoms with Crippen LogP contribution < -0.4 is 0 Å². The highest BCUT2D eigenvalue weighted by Gasteiger charge is 2.15. The number of unbranched alkanes of at least 4 members (excludes halogenated alkanes) is 15. The Bertz CT molecular complexity index is 377. The lowest BCUT2D eigenvalue weighted by Gasteiger charge is -2.16. The molecule has 0 bridgehead atoms. The van der Waals surface area contributed by atoms with E-state index in [1.54, 1.807) is 0 Å². The van der Waals surface area contributed by atoms with Gasteiger partial charge in [-0.3, -0.25) is 4.79 Å². The zero-order valence-corrected chi connectivity index (χ0v) is 22.7. The van der Waals surface area contributed by atoms with Crippen molar-refractivity contribution in [1.29, 1.82) is 0 Å². The van der Waals surface area contributed by atoms with Gasteiger partial charge in [-0.05, 0) is 31.1 Å². The highest BCUT2D eigenvalue weighted by atomic mass is 16.5. The van der Waals surface area contributed by atoms with Crippen molar-refractivity contribution in [2.75, 3.05) is 6.61 Å². The van der Waals surface area contributed by atoms with Crippen LogP contribution in [0.1, 0.15) is 169 Å². The van der Waals surface area contributed by atoms with E-state index in [0.717, 1.165) is 12.3 Å². The van der Waals surface area contributed by atoms with Crippen LogP contribution in [0.25, 0.3) is 0 Å². The van der Waals surface area contributed by atoms with Crippen molar-refractivity contribution in [2.24, 2.45) is 11.8 Å². The molecular weight excluding hydrogens is 392 g/mol. The monoisotopic (exact) mass is 452 g/mol. The summed E-state index contributed by atoms with van der Waals surface area (Å²) >= 11 is 0. The number of carbonyl (C=O) groups is 1. The van der Waals surface area contributed by atoms with E-state index < -0.39 is 0 Å². The van der Waals surface area contributed by atoms with Gasteiger partial charge in [-0.25, -0.2) is 0 Å². The summed E-state index contributed by atoms with van der Waals surface area (Å²) < 4.78 is 5.60. The minimum absolute atomic E-state index is 0.0581. The molecule has 2 nitrogen and oxygen atoms in total. The SMILES string of the molecule is CCCCCCCCCCC(CCCCCCCC)CC(=O)OCCCCCCC(C)C. The molecule has 2 heteroatoms. The lowest BCUT2D eigenvalue weighted by molar-refractivity contribution is -0.145. The van der Waals surface area contributed by atoms with Gasteiger partial charge in [0, 0.05) is 6.42 Å². The Kier molecular flexibility index (Phi) is 24.7. The van der Waals surface area contributed by atoms with Crippen molar-refractivity contribution < 1.29 is 9.53 Å². The predicted octanol–water partition coefficient (Wildman–Crippen LogP) is 10.4. The number of hydrogen-bond acceptors (Lipinski definition) is 2. The van der Waals surface area contributed by atoms with Crippen LogP contribution in [0.5, 0.6) is 0 Å². The molecule has 0 aliphatic rings. The van der Waals surface area contributed by atoms with Gasteiger partial charge in [0.15, 0.2) is 0 Å². The normalized spacial score (nSPS) is 12.4. The summed E-state index contributed by atoms with van der Waals surface area (Å²) in [5, 5.41) is 0. The molecule has 0 fully saturated rings. The van der Waals surface area contributed by atoms with Gasteiger partial charge >= 0.3 is 5.97 Å². The molecule has 192 valence electrons. The Balaban J connectivity index is 4.01. The van der Waals surface area contributed by atoms with Crippen LogP contribution in [-0.2, 0) is 9.53 Å². The van der Waals surface area contributed by atoms with E-state index in [-0.39, 0.29) is 5.97 Å². The van der Waals surface area contributed by atoms with Gasteiger partial charge in [0.1, 0.15) is 0 Å². The highest BCUT2D eigenvalue weighted by Crippen LogP contribution is 2.23. The second-order valence-corrected chi connectivity index (χ2v) is 10.7. The summed E-state index contributed by atoms with van der Waals surface area (Å²) in [6.07, 6.45) is 28.1. The molecule has 0 radical (unpaired) electrons. The Morgan fingerprint density at radius 2 is 0.969 bits per heavy atom. The molecule has 0 rings (SSSR count). The van der Waals surface area contributed by atoms with E-state index in [4.69, 9.17) is 4.74 Å². The third kappa shape index (κ3) is 24.1. The standard InChI is InChI=1S/C30H60O2/c1-5-7-9-11-13-14-16-21-25-29(24-20-15-12-10-8-6-2)27-30(31)32-26-22-18-17-19-23-28(3)4/h28-29H,5-27H2,1-4H3. The van der Waals surface area contributed by atoms with Crippen LogP contribution in [0.3, 0.4) is 0 Å². The second-order valence-electron chi connectivity index (χ2n) is 10.7. The number of esters is 1. The molecule has 0 aromatic rings. The van der Waals surface area contributed by atoms with E-state index >= 15 is 0 Å². The summed E-state index contributed by atoms with van der Waals surface area (Å²) in [6, 6.07) is 0. The van der Waals surface area contributed by atoms with Crippen molar-refractivity contribution in [3.05, 3.63) is 0 Å². The summed E-state index contributed by atoms with van der Waals surface area (Å²) in [6.45, 7) is 9.76. The van der Waals surface area contributed by atoms with E-state index in [1.807, 2.05) is 0 Å². The molecule has 0 aromatic carbocycles. The average Bonchev–Trinajstić information content (AvgIpc) is 2.76. The fourth-order valence-corrected chi connectivity index (χ4v) is 4.62. The predicted molar refractivity (Wildman–Crippen MR) is 142 cm³/mol. The maximum atomic E-state index is 12.4. The largest absolute Gasteiger partial charge is 0.466 e. The zero-order chi connectivity index (χ0) is 23.7. The average molecular weight is 453 g/mol. The lowest BCUT2D eigenvalue weighted by Crippen LogP contribution is -2.13. The molecule has 0 spiro atoms. The van der Waals surface area contributed by atoms with Crippen LogP contribution >= 0.6 is 0 Å². The summed E-state index contributed by atoms with van der Waals surface area (Å²) in [7, 11) is 0. The summed E-state index contributed by atoms with van der Waals surface area (Å²) in [5.41, 5.74) is 0. The van der Waals surface area contributed by atoms with Gasteiger partial charge in [0.25, 0.3) is 0 Å². The maximum Gasteiger partial charge on any atom is 0.306 e. The molecule has 0 heterocycles. The van der Waals surface area contributed by atoms with Crippen molar-refractivity contribution in [1.82, 2.24) is 0 Å². The van der Waals surface area contributed by atoms with Gasteiger partial charge in [-0.15, -0.1) is 0 Å². The topological polar surface area (TPSA) is 26.3 Å². The van der Waals surface area contributed by atoms with Crippen LogP contribution in [0.4, 0.5) is 0 Å². The second kappa shape index (κ2) is 25.1. The van der Waals surface area contributed by atoms with E-state index in [9.17, 15) is 4.79 Å². The Morgan fingerprint density at radius 3 is 1.44 bits per heavy atom. The summed E-state index contributed by atoms with van der Waals surface area (Å²) in [5.74, 6) is 1.40. The van der Waals surface area contributed by atoms with Crippen molar-refractivity contribution in [3.8, 4) is 0 Å². The first kappa shape index (κ1) is 31.5. The molecule has 0 aliphatic heterocycles. The fourth-order valence-electron chi connectivity index (χ4n) is 4.62. The summed E-state index contributed by atoms with van der Waals surface area (Å²) in [4.78, 5) is 12.4. The number of hydrogen-bond donors (Lipinski definition) is 0. The van der Waals surface area contributed by atoms with Crippen LogP contribution in [0.2, 0.25) is 0 Å². The van der Waals surface area contributed by atoms with Gasteiger partial charge in [-0.2, -0.15) is 0 Å². The van der Waals surface area contributed by atoms with E-state index in [0.29, 0.717) is 18.9 Å². The molecule has 32 heavy (non-hydrogen) atoms. The third-order valence-electron chi connectivity index (χ3n) is 6.83. The number of ether oxygens (including phenoxy) is 1. The molecule has 0 saturated heterocycles. The number of rotatable bonds is 25. The minimum atomic E-state index is 0.0581. The Hall–Kier alpha value is -0.530. The molecule has 1 atom stereocenters. The molecule has 0 aromatic heterocycles. The fraction of sp³-hybridized carbons (Fsp3) is 0.967. The first-order valence-corrected chi connectivity index (χ1v) is 14.8. The molecule has 0 N–H and O–H groups in total. The maximum absolute atomic E-state index is 12.4. The van der Waals surface area contributed by atoms with Crippen LogP contribution in [-0.4, -0.2) is 12.6 Å². The molecule has 0 amide bonds. The zero-order valence-electron chi connectivity index (χ0n) is 22.7. The van der Waals surface area contributed by atoms with Crippen molar-refractivity contribution in [3.63, 3.8) is 0 Å². The van der Waals surface area contributed by atoms with Gasteiger partial charge in [0.05, 0.1) is 6.61 Å². The van der Waals surface area contributed by atoms with E-state index in [2.05, 4.69) is 27.7 Å². The molecular formula is C30H60O2. The Labute approximate surface area is 203 Å². The van der Waals surface area contributed by atoms with Crippen LogP contribution in [0, 0.1) is 11.8 Å².